The second-order valence-corrected chi connectivity index (χ2v) is 2.41. The van der Waals surface area contributed by atoms with Crippen molar-refractivity contribution in [2.75, 3.05) is 13.6 Å². The van der Waals surface area contributed by atoms with Gasteiger partial charge in [0.1, 0.15) is 0 Å². The van der Waals surface area contributed by atoms with Crippen LogP contribution in [-0.2, 0) is 11.3 Å². The van der Waals surface area contributed by atoms with Gasteiger partial charge in [0, 0.05) is 13.6 Å². The molecule has 0 aromatic heterocycles. The summed E-state index contributed by atoms with van der Waals surface area (Å²) in [5.74, 6) is 0. The summed E-state index contributed by atoms with van der Waals surface area (Å²) in [7, 11) is 1.54. The van der Waals surface area contributed by atoms with Crippen LogP contribution in [0.5, 0.6) is 0 Å². The minimum Gasteiger partial charge on any atom is -0.294 e. The van der Waals surface area contributed by atoms with Crippen LogP contribution in [0.3, 0.4) is 0 Å². The number of likely N-dealkylation sites (N-methyl/N-ethyl adjacent to an activating group) is 1. The summed E-state index contributed by atoms with van der Waals surface area (Å²) in [6.45, 7) is 3.83. The van der Waals surface area contributed by atoms with E-state index in [0.717, 1.165) is 0 Å². The molecule has 0 saturated heterocycles. The maximum atomic E-state index is 10.1. The van der Waals surface area contributed by atoms with E-state index in [4.69, 9.17) is 4.55 Å². The quantitative estimate of drug-likeness (QED) is 0.445. The molecule has 48 valence electrons. The van der Waals surface area contributed by atoms with Gasteiger partial charge in [0.25, 0.3) is 0 Å². The molecule has 0 aromatic carbocycles. The molecule has 0 radical (unpaired) electrons. The minimum atomic E-state index is -1.85. The lowest BCUT2D eigenvalue weighted by Crippen LogP contribution is -2.19. The van der Waals surface area contributed by atoms with Crippen molar-refractivity contribution in [3.8, 4) is 0 Å². The van der Waals surface area contributed by atoms with Gasteiger partial charge in [-0.3, -0.25) is 4.55 Å². The van der Waals surface area contributed by atoms with Gasteiger partial charge in [-0.2, -0.15) is 0 Å². The Morgan fingerprint density at radius 2 is 2.50 bits per heavy atom. The normalized spacial score (nSPS) is 13.9. The average molecular weight is 135 g/mol. The zero-order chi connectivity index (χ0) is 6.57. The van der Waals surface area contributed by atoms with Gasteiger partial charge in [0.05, 0.1) is 0 Å². The molecule has 0 aromatic rings. The maximum Gasteiger partial charge on any atom is 0.234 e. The highest BCUT2D eigenvalue weighted by atomic mass is 32.2. The molecule has 0 bridgehead atoms. The number of hydrogen-bond donors (Lipinski definition) is 1. The summed E-state index contributed by atoms with van der Waals surface area (Å²) < 4.78 is 19.6. The zero-order valence-corrected chi connectivity index (χ0v) is 5.52. The fourth-order valence-corrected chi connectivity index (χ4v) is 0.479. The van der Waals surface area contributed by atoms with Crippen molar-refractivity contribution in [2.24, 2.45) is 0 Å². The van der Waals surface area contributed by atoms with Gasteiger partial charge < -0.3 is 0 Å². The Kier molecular flexibility index (Phi) is 3.68. The zero-order valence-electron chi connectivity index (χ0n) is 4.70. The Morgan fingerprint density at radius 3 is 2.62 bits per heavy atom. The molecule has 8 heavy (non-hydrogen) atoms. The van der Waals surface area contributed by atoms with Crippen LogP contribution in [0, 0.1) is 0 Å². The van der Waals surface area contributed by atoms with E-state index in [2.05, 4.69) is 6.58 Å². The van der Waals surface area contributed by atoms with E-state index >= 15 is 0 Å². The van der Waals surface area contributed by atoms with Crippen LogP contribution >= 0.6 is 0 Å². The van der Waals surface area contributed by atoms with Crippen molar-refractivity contribution in [3.63, 3.8) is 0 Å². The molecule has 1 unspecified atom stereocenters. The molecule has 0 heterocycles. The third-order valence-corrected chi connectivity index (χ3v) is 1.34. The first-order chi connectivity index (χ1) is 3.68. The topological polar surface area (TPSA) is 40.5 Å². The summed E-state index contributed by atoms with van der Waals surface area (Å²) in [5.41, 5.74) is 0. The molecule has 0 aliphatic carbocycles. The highest BCUT2D eigenvalue weighted by molar-refractivity contribution is 7.76. The van der Waals surface area contributed by atoms with E-state index in [1.165, 1.54) is 11.4 Å². The predicted octanol–water partition coefficient (Wildman–Crippen LogP) is 0.241. The first-order valence-corrected chi connectivity index (χ1v) is 3.18. The van der Waals surface area contributed by atoms with Gasteiger partial charge in [-0.05, 0) is 0 Å². The molecule has 3 nitrogen and oxygen atoms in total. The van der Waals surface area contributed by atoms with Gasteiger partial charge in [0.2, 0.25) is 11.3 Å². The van der Waals surface area contributed by atoms with Crippen molar-refractivity contribution >= 4 is 11.3 Å². The summed E-state index contributed by atoms with van der Waals surface area (Å²) in [6, 6.07) is 0. The number of nitrogens with zero attached hydrogens (tertiary/aromatic N) is 1. The van der Waals surface area contributed by atoms with E-state index < -0.39 is 11.3 Å². The molecule has 0 fully saturated rings. The van der Waals surface area contributed by atoms with Gasteiger partial charge in [0.15, 0.2) is 0 Å². The molecule has 0 aliphatic rings. The van der Waals surface area contributed by atoms with Crippen LogP contribution in [0.1, 0.15) is 0 Å². The van der Waals surface area contributed by atoms with Crippen molar-refractivity contribution in [1.82, 2.24) is 4.31 Å². The van der Waals surface area contributed by atoms with E-state index in [1.54, 1.807) is 6.08 Å². The summed E-state index contributed by atoms with van der Waals surface area (Å²) in [5, 5.41) is 0. The molecule has 1 N–H and O–H groups in total. The lowest BCUT2D eigenvalue weighted by Gasteiger charge is -2.05. The maximum absolute atomic E-state index is 10.1. The van der Waals surface area contributed by atoms with Crippen LogP contribution in [0.4, 0.5) is 0 Å². The van der Waals surface area contributed by atoms with Gasteiger partial charge >= 0.3 is 0 Å². The molecular formula is C4H9NO2S. The summed E-state index contributed by atoms with van der Waals surface area (Å²) >= 11 is -1.85. The van der Waals surface area contributed by atoms with Gasteiger partial charge in [-0.1, -0.05) is 6.08 Å². The molecular weight excluding hydrogens is 126 g/mol. The first-order valence-electron chi connectivity index (χ1n) is 2.11. The summed E-state index contributed by atoms with van der Waals surface area (Å²) in [6.07, 6.45) is 1.56. The van der Waals surface area contributed by atoms with Crippen LogP contribution < -0.4 is 0 Å². The van der Waals surface area contributed by atoms with Gasteiger partial charge in [-0.25, -0.2) is 8.51 Å². The van der Waals surface area contributed by atoms with E-state index in [9.17, 15) is 4.21 Å². The lowest BCUT2D eigenvalue weighted by molar-refractivity contribution is 0.472. The Hall–Kier alpha value is -0.190. The van der Waals surface area contributed by atoms with Crippen molar-refractivity contribution in [1.29, 1.82) is 0 Å². The van der Waals surface area contributed by atoms with Crippen molar-refractivity contribution < 1.29 is 8.76 Å². The van der Waals surface area contributed by atoms with E-state index in [1.807, 2.05) is 0 Å². The van der Waals surface area contributed by atoms with Crippen LogP contribution in [0.15, 0.2) is 12.7 Å². The Bertz CT molecular complexity index is 104. The molecule has 0 rings (SSSR count). The molecule has 0 saturated carbocycles. The second kappa shape index (κ2) is 3.77. The smallest absolute Gasteiger partial charge is 0.234 e. The summed E-state index contributed by atoms with van der Waals surface area (Å²) in [4.78, 5) is 0. The Labute approximate surface area is 51.4 Å². The molecule has 4 heteroatoms. The van der Waals surface area contributed by atoms with Crippen LogP contribution in [-0.4, -0.2) is 26.7 Å². The minimum absolute atomic E-state index is 0.434. The molecule has 0 aliphatic heterocycles. The monoisotopic (exact) mass is 135 g/mol. The highest BCUT2D eigenvalue weighted by Gasteiger charge is 1.97. The SMILES string of the molecule is C=CCN(C)S(=O)O. The molecule has 0 amide bonds. The van der Waals surface area contributed by atoms with Crippen molar-refractivity contribution in [3.05, 3.63) is 12.7 Å². The third kappa shape index (κ3) is 2.90. The number of hydrogen-bond acceptors (Lipinski definition) is 1. The van der Waals surface area contributed by atoms with Crippen LogP contribution in [0.25, 0.3) is 0 Å². The standard InChI is InChI=1S/C4H9NO2S/c1-3-4-5(2)8(6)7/h3H,1,4H2,2H3,(H,6,7). The van der Waals surface area contributed by atoms with E-state index in [-0.39, 0.29) is 0 Å². The molecule has 1 atom stereocenters. The Balaban J connectivity index is 3.46. The average Bonchev–Trinajstić information content (AvgIpc) is 1.67. The predicted molar refractivity (Wildman–Crippen MR) is 33.6 cm³/mol. The molecule has 0 spiro atoms. The fraction of sp³-hybridized carbons (Fsp3) is 0.500. The number of rotatable bonds is 3. The van der Waals surface area contributed by atoms with Crippen LogP contribution in [0.2, 0.25) is 0 Å². The highest BCUT2D eigenvalue weighted by Crippen LogP contribution is 1.83. The lowest BCUT2D eigenvalue weighted by atomic mass is 10.6. The second-order valence-electron chi connectivity index (χ2n) is 1.33. The fourth-order valence-electron chi connectivity index (χ4n) is 0.246. The Morgan fingerprint density at radius 1 is 2.00 bits per heavy atom. The van der Waals surface area contributed by atoms with E-state index in [0.29, 0.717) is 6.54 Å². The largest absolute Gasteiger partial charge is 0.294 e. The third-order valence-electron chi connectivity index (χ3n) is 0.653. The van der Waals surface area contributed by atoms with Gasteiger partial charge in [-0.15, -0.1) is 6.58 Å². The van der Waals surface area contributed by atoms with Crippen molar-refractivity contribution in [2.45, 2.75) is 0 Å². The first kappa shape index (κ1) is 7.81.